The van der Waals surface area contributed by atoms with Crippen molar-refractivity contribution >= 4 is 56.3 Å². The number of nitrogens with one attached hydrogen (secondary N) is 1. The lowest BCUT2D eigenvalue weighted by Gasteiger charge is -2.29. The molecule has 2 aromatic carbocycles. The third-order valence-corrected chi connectivity index (χ3v) is 6.11. The molecule has 0 aliphatic carbocycles. The Bertz CT molecular complexity index is 1050. The maximum atomic E-state index is 12.6. The van der Waals surface area contributed by atoms with Gasteiger partial charge in [0.05, 0.1) is 5.69 Å². The predicted octanol–water partition coefficient (Wildman–Crippen LogP) is 4.97. The highest BCUT2D eigenvalue weighted by Crippen LogP contribution is 2.33. The first-order valence-electron chi connectivity index (χ1n) is 8.72. The van der Waals surface area contributed by atoms with E-state index < -0.39 is 15.9 Å². The number of halogens is 2. The van der Waals surface area contributed by atoms with Gasteiger partial charge >= 0.3 is 0 Å². The van der Waals surface area contributed by atoms with E-state index in [0.29, 0.717) is 33.8 Å². The molecule has 0 spiro atoms. The summed E-state index contributed by atoms with van der Waals surface area (Å²) in [5.74, 6) is -0.0468. The number of carbonyl (C=O) groups is 1. The molecule has 0 fully saturated rings. The molecule has 0 unspecified atom stereocenters. The Kier molecular flexibility index (Phi) is 5.98. The van der Waals surface area contributed by atoms with E-state index in [4.69, 9.17) is 23.2 Å². The SMILES string of the molecule is CCCCN1C(C)=NS(=O)(=O)c2cc(C(=O)Nc3cc(Cl)cc(Cl)c3)ccc21. The molecule has 0 radical (unpaired) electrons. The zero-order valence-electron chi connectivity index (χ0n) is 15.4. The van der Waals surface area contributed by atoms with Crippen molar-refractivity contribution < 1.29 is 13.2 Å². The van der Waals surface area contributed by atoms with Gasteiger partial charge in [-0.15, -0.1) is 4.40 Å². The van der Waals surface area contributed by atoms with E-state index in [1.165, 1.54) is 6.07 Å². The molecular weight excluding hydrogens is 421 g/mol. The van der Waals surface area contributed by atoms with E-state index in [9.17, 15) is 13.2 Å². The van der Waals surface area contributed by atoms with Gasteiger partial charge in [-0.1, -0.05) is 36.5 Å². The largest absolute Gasteiger partial charge is 0.328 e. The zero-order chi connectivity index (χ0) is 20.5. The quantitative estimate of drug-likeness (QED) is 0.712. The fourth-order valence-corrected chi connectivity index (χ4v) is 4.75. The predicted molar refractivity (Wildman–Crippen MR) is 113 cm³/mol. The van der Waals surface area contributed by atoms with Crippen molar-refractivity contribution in [3.63, 3.8) is 0 Å². The fraction of sp³-hybridized carbons (Fsp3) is 0.263. The number of amides is 1. The van der Waals surface area contributed by atoms with Crippen LogP contribution < -0.4 is 10.2 Å². The summed E-state index contributed by atoms with van der Waals surface area (Å²) in [4.78, 5) is 14.5. The molecule has 6 nitrogen and oxygen atoms in total. The van der Waals surface area contributed by atoms with Crippen LogP contribution in [0.5, 0.6) is 0 Å². The topological polar surface area (TPSA) is 78.8 Å². The van der Waals surface area contributed by atoms with Crippen LogP contribution in [0.25, 0.3) is 0 Å². The highest BCUT2D eigenvalue weighted by Gasteiger charge is 2.29. The van der Waals surface area contributed by atoms with E-state index in [2.05, 4.69) is 16.6 Å². The number of hydrogen-bond acceptors (Lipinski definition) is 4. The van der Waals surface area contributed by atoms with Gasteiger partial charge in [0, 0.05) is 27.8 Å². The Labute approximate surface area is 174 Å². The number of fused-ring (bicyclic) bond motifs is 1. The van der Waals surface area contributed by atoms with E-state index in [1.807, 2.05) is 4.90 Å². The van der Waals surface area contributed by atoms with Gasteiger partial charge in [-0.05, 0) is 49.7 Å². The molecule has 1 N–H and O–H groups in total. The molecule has 0 atom stereocenters. The van der Waals surface area contributed by atoms with Crippen molar-refractivity contribution in [3.05, 3.63) is 52.0 Å². The van der Waals surface area contributed by atoms with Crippen LogP contribution in [-0.2, 0) is 10.0 Å². The maximum absolute atomic E-state index is 12.6. The van der Waals surface area contributed by atoms with Crippen LogP contribution in [0, 0.1) is 0 Å². The van der Waals surface area contributed by atoms with Crippen LogP contribution in [-0.4, -0.2) is 26.7 Å². The smallest absolute Gasteiger partial charge is 0.286 e. The second-order valence-corrected chi connectivity index (χ2v) is 8.86. The second kappa shape index (κ2) is 8.11. The van der Waals surface area contributed by atoms with Crippen molar-refractivity contribution in [1.82, 2.24) is 0 Å². The second-order valence-electron chi connectivity index (χ2n) is 6.41. The highest BCUT2D eigenvalue weighted by atomic mass is 35.5. The van der Waals surface area contributed by atoms with Gasteiger partial charge in [0.2, 0.25) is 0 Å². The molecule has 28 heavy (non-hydrogen) atoms. The first-order valence-corrected chi connectivity index (χ1v) is 10.9. The Morgan fingerprint density at radius 1 is 1.14 bits per heavy atom. The van der Waals surface area contributed by atoms with Crippen molar-refractivity contribution in [2.75, 3.05) is 16.8 Å². The summed E-state index contributed by atoms with van der Waals surface area (Å²) in [6.45, 7) is 4.38. The summed E-state index contributed by atoms with van der Waals surface area (Å²) in [7, 11) is -3.87. The van der Waals surface area contributed by atoms with E-state index in [1.54, 1.807) is 37.3 Å². The summed E-state index contributed by atoms with van der Waals surface area (Å²) in [6.07, 6.45) is 1.86. The molecule has 0 saturated heterocycles. The Morgan fingerprint density at radius 2 is 1.82 bits per heavy atom. The Morgan fingerprint density at radius 3 is 2.46 bits per heavy atom. The molecule has 0 aromatic heterocycles. The number of sulfonamides is 1. The van der Waals surface area contributed by atoms with Gasteiger partial charge in [-0.2, -0.15) is 8.42 Å². The van der Waals surface area contributed by atoms with Crippen molar-refractivity contribution in [2.45, 2.75) is 31.6 Å². The minimum atomic E-state index is -3.87. The normalized spacial score (nSPS) is 15.0. The average molecular weight is 440 g/mol. The molecular formula is C19H19Cl2N3O3S. The number of nitrogens with zero attached hydrogens (tertiary/aromatic N) is 2. The zero-order valence-corrected chi connectivity index (χ0v) is 17.7. The minimum Gasteiger partial charge on any atom is -0.328 e. The molecule has 1 amide bonds. The summed E-state index contributed by atoms with van der Waals surface area (Å²) in [5, 5.41) is 3.44. The lowest BCUT2D eigenvalue weighted by Crippen LogP contribution is -2.34. The monoisotopic (exact) mass is 439 g/mol. The van der Waals surface area contributed by atoms with Gasteiger partial charge < -0.3 is 10.2 Å². The van der Waals surface area contributed by atoms with Gasteiger partial charge in [0.1, 0.15) is 10.7 Å². The molecule has 1 aliphatic heterocycles. The van der Waals surface area contributed by atoms with Crippen molar-refractivity contribution in [3.8, 4) is 0 Å². The van der Waals surface area contributed by atoms with Crippen LogP contribution in [0.4, 0.5) is 11.4 Å². The number of carbonyl (C=O) groups excluding carboxylic acids is 1. The molecule has 0 saturated carbocycles. The van der Waals surface area contributed by atoms with E-state index in [0.717, 1.165) is 12.8 Å². The first kappa shape index (κ1) is 20.6. The number of unbranched alkanes of at least 4 members (excludes halogenated alkanes) is 1. The molecule has 1 aliphatic rings. The number of hydrogen-bond donors (Lipinski definition) is 1. The molecule has 148 valence electrons. The Hall–Kier alpha value is -2.09. The number of amidine groups is 1. The summed E-state index contributed by atoms with van der Waals surface area (Å²) in [5.41, 5.74) is 1.15. The molecule has 9 heteroatoms. The van der Waals surface area contributed by atoms with Crippen molar-refractivity contribution in [2.24, 2.45) is 4.40 Å². The average Bonchev–Trinajstić information content (AvgIpc) is 2.60. The maximum Gasteiger partial charge on any atom is 0.286 e. The lowest BCUT2D eigenvalue weighted by molar-refractivity contribution is 0.102. The van der Waals surface area contributed by atoms with E-state index >= 15 is 0 Å². The van der Waals surface area contributed by atoms with Crippen molar-refractivity contribution in [1.29, 1.82) is 0 Å². The van der Waals surface area contributed by atoms with Crippen LogP contribution in [0.3, 0.4) is 0 Å². The molecule has 1 heterocycles. The van der Waals surface area contributed by atoms with Gasteiger partial charge in [0.15, 0.2) is 0 Å². The van der Waals surface area contributed by atoms with Crippen LogP contribution in [0.15, 0.2) is 45.7 Å². The standard InChI is InChI=1S/C19H19Cl2N3O3S/c1-3-4-7-24-12(2)23-28(26,27)18-8-13(5-6-17(18)24)19(25)22-16-10-14(20)9-15(21)11-16/h5-6,8-11H,3-4,7H2,1-2H3,(H,22,25). The van der Waals surface area contributed by atoms with Gasteiger partial charge in [-0.3, -0.25) is 4.79 Å². The van der Waals surface area contributed by atoms with Gasteiger partial charge in [-0.25, -0.2) is 0 Å². The highest BCUT2D eigenvalue weighted by molar-refractivity contribution is 7.90. The van der Waals surface area contributed by atoms with Crippen LogP contribution in [0.1, 0.15) is 37.0 Å². The number of benzene rings is 2. The fourth-order valence-electron chi connectivity index (χ4n) is 2.96. The molecule has 0 bridgehead atoms. The third-order valence-electron chi connectivity index (χ3n) is 4.29. The summed E-state index contributed by atoms with van der Waals surface area (Å²) < 4.78 is 28.9. The number of anilines is 2. The first-order chi connectivity index (χ1) is 13.2. The Balaban J connectivity index is 1.95. The van der Waals surface area contributed by atoms with Gasteiger partial charge in [0.25, 0.3) is 15.9 Å². The molecule has 3 rings (SSSR count). The van der Waals surface area contributed by atoms with Crippen LogP contribution in [0.2, 0.25) is 10.0 Å². The van der Waals surface area contributed by atoms with Crippen LogP contribution >= 0.6 is 23.2 Å². The summed E-state index contributed by atoms with van der Waals surface area (Å²) in [6, 6.07) is 9.24. The lowest BCUT2D eigenvalue weighted by atomic mass is 10.1. The molecule has 2 aromatic rings. The third kappa shape index (κ3) is 4.32. The summed E-state index contributed by atoms with van der Waals surface area (Å²) >= 11 is 11.9. The number of rotatable bonds is 5. The van der Waals surface area contributed by atoms with E-state index in [-0.39, 0.29) is 10.5 Å². The minimum absolute atomic E-state index is 0.0194.